The molecule has 5 N–H and O–H groups in total. The zero-order chi connectivity index (χ0) is 11.7. The molecule has 16 heavy (non-hydrogen) atoms. The molecule has 0 spiro atoms. The minimum atomic E-state index is -0.749. The number of nitrogens with two attached hydrogens (primary N) is 2. The van der Waals surface area contributed by atoms with E-state index in [2.05, 4.69) is 0 Å². The van der Waals surface area contributed by atoms with Gasteiger partial charge in [-0.1, -0.05) is 0 Å². The maximum atomic E-state index is 11.4. The van der Waals surface area contributed by atoms with Crippen LogP contribution in [0, 0.1) is 0 Å². The quantitative estimate of drug-likeness (QED) is 0.205. The monoisotopic (exact) mass is 219 g/mol. The minimum absolute atomic E-state index is 0.139. The molecule has 0 unspecified atom stereocenters. The summed E-state index contributed by atoms with van der Waals surface area (Å²) in [6.45, 7) is 0. The van der Waals surface area contributed by atoms with E-state index >= 15 is 0 Å². The zero-order valence-electron chi connectivity index (χ0n) is 8.19. The van der Waals surface area contributed by atoms with Gasteiger partial charge in [-0.15, -0.1) is 0 Å². The van der Waals surface area contributed by atoms with Gasteiger partial charge in [0.15, 0.2) is 0 Å². The fraction of sp³-hybridized carbons (Fsp3) is 0. The number of hydrazine groups is 1. The number of nitrogens with one attached hydrogen (secondary N) is 1. The van der Waals surface area contributed by atoms with Gasteiger partial charge in [-0.2, -0.15) is 0 Å². The van der Waals surface area contributed by atoms with Crippen molar-refractivity contribution in [3.63, 3.8) is 0 Å². The fourth-order valence-corrected chi connectivity index (χ4v) is 1.36. The van der Waals surface area contributed by atoms with Gasteiger partial charge in [0.1, 0.15) is 11.1 Å². The molecular formula is C10H9N3O3. The van der Waals surface area contributed by atoms with Gasteiger partial charge in [0.05, 0.1) is 0 Å². The summed E-state index contributed by atoms with van der Waals surface area (Å²) in [5.41, 5.74) is 7.33. The molecule has 82 valence electrons. The first-order valence-corrected chi connectivity index (χ1v) is 4.46. The van der Waals surface area contributed by atoms with Crippen molar-refractivity contribution in [1.82, 2.24) is 5.43 Å². The molecule has 1 aromatic heterocycles. The van der Waals surface area contributed by atoms with Crippen molar-refractivity contribution in [2.75, 3.05) is 5.73 Å². The maximum absolute atomic E-state index is 11.4. The standard InChI is InChI=1S/C10H9N3O3/c11-6-2-1-5-3-7(9(14)13-12)10(15)16-8(5)4-6/h1-4H,11-12H2,(H,13,14). The topological polar surface area (TPSA) is 111 Å². The highest BCUT2D eigenvalue weighted by molar-refractivity contribution is 5.96. The summed E-state index contributed by atoms with van der Waals surface area (Å²) in [5, 5.41) is 0.604. The lowest BCUT2D eigenvalue weighted by molar-refractivity contribution is 0.0950. The molecule has 2 rings (SSSR count). The molecule has 1 heterocycles. The van der Waals surface area contributed by atoms with Gasteiger partial charge < -0.3 is 10.2 Å². The van der Waals surface area contributed by atoms with Crippen LogP contribution in [0.3, 0.4) is 0 Å². The maximum Gasteiger partial charge on any atom is 0.349 e. The van der Waals surface area contributed by atoms with Crippen molar-refractivity contribution in [2.24, 2.45) is 5.84 Å². The number of hydrogen-bond acceptors (Lipinski definition) is 5. The largest absolute Gasteiger partial charge is 0.422 e. The zero-order valence-corrected chi connectivity index (χ0v) is 8.19. The number of carbonyl (C=O) groups excluding carboxylic acids is 1. The van der Waals surface area contributed by atoms with Crippen LogP contribution in [0.4, 0.5) is 5.69 Å². The highest BCUT2D eigenvalue weighted by Gasteiger charge is 2.12. The molecule has 1 amide bonds. The first kappa shape index (κ1) is 10.2. The van der Waals surface area contributed by atoms with Crippen molar-refractivity contribution >= 4 is 22.6 Å². The normalized spacial score (nSPS) is 10.3. The second-order valence-corrected chi connectivity index (χ2v) is 3.22. The van der Waals surface area contributed by atoms with Gasteiger partial charge in [0.2, 0.25) is 0 Å². The molecule has 0 fully saturated rings. The number of hydrogen-bond donors (Lipinski definition) is 3. The molecule has 0 aliphatic rings. The van der Waals surface area contributed by atoms with E-state index in [1.165, 1.54) is 12.1 Å². The van der Waals surface area contributed by atoms with Gasteiger partial charge in [-0.3, -0.25) is 10.2 Å². The molecule has 0 atom stereocenters. The van der Waals surface area contributed by atoms with Crippen LogP contribution in [-0.2, 0) is 0 Å². The van der Waals surface area contributed by atoms with Crippen LogP contribution in [0.1, 0.15) is 10.4 Å². The van der Waals surface area contributed by atoms with E-state index in [9.17, 15) is 9.59 Å². The Balaban J connectivity index is 2.72. The Morgan fingerprint density at radius 2 is 2.06 bits per heavy atom. The lowest BCUT2D eigenvalue weighted by Gasteiger charge is -2.01. The molecular weight excluding hydrogens is 210 g/mol. The fourth-order valence-electron chi connectivity index (χ4n) is 1.36. The van der Waals surface area contributed by atoms with Gasteiger partial charge in [-0.05, 0) is 18.2 Å². The lowest BCUT2D eigenvalue weighted by Crippen LogP contribution is -2.33. The molecule has 0 radical (unpaired) electrons. The molecule has 0 saturated heterocycles. The lowest BCUT2D eigenvalue weighted by atomic mass is 10.1. The molecule has 0 aliphatic heterocycles. The molecule has 0 saturated carbocycles. The van der Waals surface area contributed by atoms with E-state index in [-0.39, 0.29) is 5.56 Å². The second kappa shape index (κ2) is 3.67. The number of amides is 1. The van der Waals surface area contributed by atoms with E-state index in [0.717, 1.165) is 0 Å². The van der Waals surface area contributed by atoms with Crippen LogP contribution in [0.15, 0.2) is 33.5 Å². The highest BCUT2D eigenvalue weighted by atomic mass is 16.4. The number of fused-ring (bicyclic) bond motifs is 1. The van der Waals surface area contributed by atoms with Crippen LogP contribution >= 0.6 is 0 Å². The molecule has 6 nitrogen and oxygen atoms in total. The summed E-state index contributed by atoms with van der Waals surface area (Å²) in [6, 6.07) is 6.22. The van der Waals surface area contributed by atoms with Crippen LogP contribution in [-0.4, -0.2) is 5.91 Å². The Bertz CT molecular complexity index is 618. The minimum Gasteiger partial charge on any atom is -0.422 e. The van der Waals surface area contributed by atoms with Gasteiger partial charge >= 0.3 is 5.63 Å². The Morgan fingerprint density at radius 3 is 2.75 bits per heavy atom. The van der Waals surface area contributed by atoms with E-state index in [1.807, 2.05) is 5.43 Å². The Kier molecular flexibility index (Phi) is 2.34. The second-order valence-electron chi connectivity index (χ2n) is 3.22. The number of anilines is 1. The van der Waals surface area contributed by atoms with Crippen molar-refractivity contribution in [3.05, 3.63) is 40.2 Å². The van der Waals surface area contributed by atoms with Gasteiger partial charge in [-0.25, -0.2) is 10.6 Å². The van der Waals surface area contributed by atoms with Crippen LogP contribution in [0.5, 0.6) is 0 Å². The van der Waals surface area contributed by atoms with E-state index < -0.39 is 11.5 Å². The third-order valence-electron chi connectivity index (χ3n) is 2.14. The van der Waals surface area contributed by atoms with Gasteiger partial charge in [0.25, 0.3) is 5.91 Å². The molecule has 6 heteroatoms. The summed E-state index contributed by atoms with van der Waals surface area (Å²) >= 11 is 0. The third kappa shape index (κ3) is 1.61. The van der Waals surface area contributed by atoms with E-state index in [1.54, 1.807) is 12.1 Å². The Morgan fingerprint density at radius 1 is 1.31 bits per heavy atom. The van der Waals surface area contributed by atoms with E-state index in [0.29, 0.717) is 16.7 Å². The van der Waals surface area contributed by atoms with Crippen LogP contribution in [0.2, 0.25) is 0 Å². The molecule has 2 aromatic rings. The average molecular weight is 219 g/mol. The summed E-state index contributed by atoms with van der Waals surface area (Å²) < 4.78 is 4.94. The molecule has 0 aliphatic carbocycles. The summed E-state index contributed by atoms with van der Waals surface area (Å²) in [4.78, 5) is 22.6. The Hall–Kier alpha value is -2.34. The first-order valence-electron chi connectivity index (χ1n) is 4.46. The number of nitrogen functional groups attached to an aromatic ring is 2. The van der Waals surface area contributed by atoms with Crippen LogP contribution < -0.4 is 22.6 Å². The predicted octanol–water partition coefficient (Wildman–Crippen LogP) is -0.0213. The summed E-state index contributed by atoms with van der Waals surface area (Å²) in [5.74, 6) is 4.25. The molecule has 0 bridgehead atoms. The van der Waals surface area contributed by atoms with Crippen molar-refractivity contribution in [1.29, 1.82) is 0 Å². The van der Waals surface area contributed by atoms with E-state index in [4.69, 9.17) is 16.0 Å². The third-order valence-corrected chi connectivity index (χ3v) is 2.14. The Labute approximate surface area is 89.8 Å². The smallest absolute Gasteiger partial charge is 0.349 e. The average Bonchev–Trinajstić information content (AvgIpc) is 2.27. The first-order chi connectivity index (χ1) is 7.61. The molecule has 1 aromatic carbocycles. The van der Waals surface area contributed by atoms with Crippen molar-refractivity contribution < 1.29 is 9.21 Å². The van der Waals surface area contributed by atoms with Gasteiger partial charge in [0, 0.05) is 17.1 Å². The predicted molar refractivity (Wildman–Crippen MR) is 58.5 cm³/mol. The number of rotatable bonds is 1. The number of carbonyl (C=O) groups is 1. The SMILES string of the molecule is NNC(=O)c1cc2ccc(N)cc2oc1=O. The number of benzene rings is 1. The summed E-state index contributed by atoms with van der Waals surface area (Å²) in [7, 11) is 0. The van der Waals surface area contributed by atoms with Crippen molar-refractivity contribution in [2.45, 2.75) is 0 Å². The highest BCUT2D eigenvalue weighted by Crippen LogP contribution is 2.16. The summed E-state index contributed by atoms with van der Waals surface area (Å²) in [6.07, 6.45) is 0. The van der Waals surface area contributed by atoms with Crippen LogP contribution in [0.25, 0.3) is 11.0 Å². The van der Waals surface area contributed by atoms with Crippen molar-refractivity contribution in [3.8, 4) is 0 Å².